The molecule has 0 bridgehead atoms. The lowest BCUT2D eigenvalue weighted by atomic mass is 9.87. The molecule has 6 heteroatoms. The van der Waals surface area contributed by atoms with Gasteiger partial charge in [0.05, 0.1) is 17.1 Å². The summed E-state index contributed by atoms with van der Waals surface area (Å²) >= 11 is 1.52. The molecule has 0 fully saturated rings. The van der Waals surface area contributed by atoms with Crippen LogP contribution >= 0.6 is 11.3 Å². The molecule has 0 spiro atoms. The van der Waals surface area contributed by atoms with Crippen molar-refractivity contribution in [3.63, 3.8) is 0 Å². The third kappa shape index (κ3) is 4.25. The van der Waals surface area contributed by atoms with E-state index in [1.165, 1.54) is 11.3 Å². The Morgan fingerprint density at radius 2 is 1.84 bits per heavy atom. The lowest BCUT2D eigenvalue weighted by Crippen LogP contribution is -2.52. The van der Waals surface area contributed by atoms with Crippen molar-refractivity contribution in [2.75, 3.05) is 0 Å². The molecule has 1 unspecified atom stereocenters. The quantitative estimate of drug-likeness (QED) is 0.826. The molecule has 0 saturated carbocycles. The van der Waals surface area contributed by atoms with Crippen molar-refractivity contribution >= 4 is 23.2 Å². The molecule has 5 nitrogen and oxygen atoms in total. The van der Waals surface area contributed by atoms with Crippen LogP contribution in [0.2, 0.25) is 0 Å². The van der Waals surface area contributed by atoms with Gasteiger partial charge >= 0.3 is 5.97 Å². The SMILES string of the molecule is CCC(NC(=O)Cc1csc(C(C)(C)C)n1)(C(=O)O)c1ccccc1. The highest BCUT2D eigenvalue weighted by molar-refractivity contribution is 7.09. The Labute approximate surface area is 152 Å². The van der Waals surface area contributed by atoms with Crippen molar-refractivity contribution in [3.8, 4) is 0 Å². The van der Waals surface area contributed by atoms with Gasteiger partial charge in [0.15, 0.2) is 5.54 Å². The summed E-state index contributed by atoms with van der Waals surface area (Å²) in [6, 6.07) is 8.80. The Morgan fingerprint density at radius 1 is 1.20 bits per heavy atom. The van der Waals surface area contributed by atoms with Crippen LogP contribution in [0, 0.1) is 0 Å². The zero-order chi connectivity index (χ0) is 18.7. The Hall–Kier alpha value is -2.21. The van der Waals surface area contributed by atoms with Crippen LogP contribution in [-0.2, 0) is 27.0 Å². The first-order valence-corrected chi connectivity index (χ1v) is 9.12. The zero-order valence-electron chi connectivity index (χ0n) is 15.0. The van der Waals surface area contributed by atoms with Crippen LogP contribution in [0.25, 0.3) is 0 Å². The molecule has 0 radical (unpaired) electrons. The second kappa shape index (κ2) is 7.35. The number of aromatic nitrogens is 1. The first-order chi connectivity index (χ1) is 11.7. The second-order valence-corrected chi connectivity index (χ2v) is 7.91. The summed E-state index contributed by atoms with van der Waals surface area (Å²) in [5, 5.41) is 15.3. The summed E-state index contributed by atoms with van der Waals surface area (Å²) in [6.45, 7) is 7.95. The lowest BCUT2D eigenvalue weighted by Gasteiger charge is -2.30. The number of aliphatic carboxylic acids is 1. The van der Waals surface area contributed by atoms with E-state index in [4.69, 9.17) is 0 Å². The fourth-order valence-corrected chi connectivity index (χ4v) is 3.50. The molecule has 1 heterocycles. The first kappa shape index (κ1) is 19.1. The average molecular weight is 360 g/mol. The van der Waals surface area contributed by atoms with Crippen LogP contribution in [0.5, 0.6) is 0 Å². The van der Waals surface area contributed by atoms with Gasteiger partial charge in [-0.2, -0.15) is 0 Å². The number of benzene rings is 1. The highest BCUT2D eigenvalue weighted by Gasteiger charge is 2.40. The van der Waals surface area contributed by atoms with Gasteiger partial charge in [0.25, 0.3) is 0 Å². The lowest BCUT2D eigenvalue weighted by molar-refractivity contribution is -0.148. The summed E-state index contributed by atoms with van der Waals surface area (Å²) in [5.41, 5.74) is -0.276. The van der Waals surface area contributed by atoms with Crippen molar-refractivity contribution in [2.24, 2.45) is 0 Å². The molecule has 0 saturated heterocycles. The van der Waals surface area contributed by atoms with E-state index in [-0.39, 0.29) is 24.2 Å². The molecule has 1 amide bonds. The number of nitrogens with one attached hydrogen (secondary N) is 1. The molecular formula is C19H24N2O3S. The predicted molar refractivity (Wildman–Crippen MR) is 98.7 cm³/mol. The Balaban J connectivity index is 2.21. The number of rotatable bonds is 6. The Bertz CT molecular complexity index is 750. The van der Waals surface area contributed by atoms with Gasteiger partial charge < -0.3 is 10.4 Å². The van der Waals surface area contributed by atoms with Crippen molar-refractivity contribution in [1.29, 1.82) is 0 Å². The minimum absolute atomic E-state index is 0.0639. The van der Waals surface area contributed by atoms with E-state index < -0.39 is 11.5 Å². The van der Waals surface area contributed by atoms with E-state index in [9.17, 15) is 14.7 Å². The molecule has 1 aromatic carbocycles. The standard InChI is InChI=1S/C19H24N2O3S/c1-5-19(17(23)24,13-9-7-6-8-10-13)21-15(22)11-14-12-25-16(20-14)18(2,3)4/h6-10,12H,5,11H2,1-4H3,(H,21,22)(H,23,24). The van der Waals surface area contributed by atoms with Gasteiger partial charge in [0.2, 0.25) is 5.91 Å². The molecule has 2 aromatic rings. The van der Waals surface area contributed by atoms with Crippen LogP contribution in [0.15, 0.2) is 35.7 Å². The third-order valence-corrected chi connectivity index (χ3v) is 5.37. The number of hydrogen-bond acceptors (Lipinski definition) is 4. The monoisotopic (exact) mass is 360 g/mol. The second-order valence-electron chi connectivity index (χ2n) is 7.05. The van der Waals surface area contributed by atoms with Crippen LogP contribution in [0.1, 0.15) is 50.4 Å². The smallest absolute Gasteiger partial charge is 0.334 e. The largest absolute Gasteiger partial charge is 0.479 e. The molecule has 1 aromatic heterocycles. The molecule has 1 atom stereocenters. The number of carboxylic acid groups (broad SMARTS) is 1. The summed E-state index contributed by atoms with van der Waals surface area (Å²) in [4.78, 5) is 29.0. The third-order valence-electron chi connectivity index (χ3n) is 4.05. The van der Waals surface area contributed by atoms with Gasteiger partial charge in [-0.25, -0.2) is 9.78 Å². The number of carbonyl (C=O) groups is 2. The topological polar surface area (TPSA) is 79.3 Å². The number of amides is 1. The maximum atomic E-state index is 12.5. The number of carboxylic acids is 1. The summed E-state index contributed by atoms with van der Waals surface area (Å²) < 4.78 is 0. The Morgan fingerprint density at radius 3 is 2.32 bits per heavy atom. The maximum absolute atomic E-state index is 12.5. The number of carbonyl (C=O) groups excluding carboxylic acids is 1. The van der Waals surface area contributed by atoms with Crippen molar-refractivity contribution in [2.45, 2.75) is 51.5 Å². The maximum Gasteiger partial charge on any atom is 0.334 e. The first-order valence-electron chi connectivity index (χ1n) is 8.24. The fraction of sp³-hybridized carbons (Fsp3) is 0.421. The van der Waals surface area contributed by atoms with Crippen molar-refractivity contribution < 1.29 is 14.7 Å². The summed E-state index contributed by atoms with van der Waals surface area (Å²) in [6.07, 6.45) is 0.316. The molecule has 134 valence electrons. The summed E-state index contributed by atoms with van der Waals surface area (Å²) in [7, 11) is 0. The van der Waals surface area contributed by atoms with E-state index in [1.807, 2.05) is 11.4 Å². The van der Waals surface area contributed by atoms with Gasteiger partial charge in [-0.3, -0.25) is 4.79 Å². The minimum atomic E-state index is -1.43. The van der Waals surface area contributed by atoms with Crippen molar-refractivity contribution in [1.82, 2.24) is 10.3 Å². The fourth-order valence-electron chi connectivity index (χ4n) is 2.59. The minimum Gasteiger partial charge on any atom is -0.479 e. The van der Waals surface area contributed by atoms with E-state index in [0.717, 1.165) is 5.01 Å². The molecule has 2 N–H and O–H groups in total. The number of thiazole rings is 1. The molecule has 2 rings (SSSR count). The highest BCUT2D eigenvalue weighted by Crippen LogP contribution is 2.27. The Kier molecular flexibility index (Phi) is 5.62. The van der Waals surface area contributed by atoms with E-state index in [1.54, 1.807) is 31.2 Å². The van der Waals surface area contributed by atoms with Crippen LogP contribution in [0.4, 0.5) is 0 Å². The molecule has 0 aliphatic rings. The highest BCUT2D eigenvalue weighted by atomic mass is 32.1. The molecule has 0 aliphatic heterocycles. The summed E-state index contributed by atoms with van der Waals surface area (Å²) in [5.74, 6) is -1.41. The van der Waals surface area contributed by atoms with E-state index in [0.29, 0.717) is 11.3 Å². The van der Waals surface area contributed by atoms with Gasteiger partial charge in [-0.15, -0.1) is 11.3 Å². The van der Waals surface area contributed by atoms with Crippen LogP contribution in [0.3, 0.4) is 0 Å². The molecular weight excluding hydrogens is 336 g/mol. The number of hydrogen-bond donors (Lipinski definition) is 2. The van der Waals surface area contributed by atoms with Gasteiger partial charge in [-0.1, -0.05) is 58.0 Å². The van der Waals surface area contributed by atoms with Crippen LogP contribution in [-0.4, -0.2) is 22.0 Å². The normalized spacial score (nSPS) is 13.9. The zero-order valence-corrected chi connectivity index (χ0v) is 15.8. The number of nitrogens with zero attached hydrogens (tertiary/aromatic N) is 1. The average Bonchev–Trinajstić information content (AvgIpc) is 3.02. The molecule has 25 heavy (non-hydrogen) atoms. The van der Waals surface area contributed by atoms with Crippen LogP contribution < -0.4 is 5.32 Å². The van der Waals surface area contributed by atoms with Crippen molar-refractivity contribution in [3.05, 3.63) is 52.0 Å². The van der Waals surface area contributed by atoms with E-state index in [2.05, 4.69) is 31.1 Å². The van der Waals surface area contributed by atoms with Gasteiger partial charge in [-0.05, 0) is 12.0 Å². The predicted octanol–water partition coefficient (Wildman–Crippen LogP) is 3.49. The molecule has 0 aliphatic carbocycles. The van der Waals surface area contributed by atoms with Gasteiger partial charge in [0, 0.05) is 10.8 Å². The van der Waals surface area contributed by atoms with E-state index >= 15 is 0 Å². The van der Waals surface area contributed by atoms with Gasteiger partial charge in [0.1, 0.15) is 0 Å².